The summed E-state index contributed by atoms with van der Waals surface area (Å²) in [6, 6.07) is 8.30. The molecule has 0 saturated carbocycles. The van der Waals surface area contributed by atoms with Crippen LogP contribution in [0.15, 0.2) is 24.3 Å². The van der Waals surface area contributed by atoms with E-state index in [0.29, 0.717) is 11.3 Å². The van der Waals surface area contributed by atoms with Gasteiger partial charge in [-0.25, -0.2) is 0 Å². The van der Waals surface area contributed by atoms with Crippen LogP contribution in [0.25, 0.3) is 0 Å². The summed E-state index contributed by atoms with van der Waals surface area (Å²) in [5.41, 5.74) is 1.75. The lowest BCUT2D eigenvalue weighted by Crippen LogP contribution is -2.36. The molecule has 1 rings (SSSR count). The second kappa shape index (κ2) is 7.91. The molecule has 108 valence electrons. The Labute approximate surface area is 123 Å². The van der Waals surface area contributed by atoms with E-state index in [4.69, 9.17) is 11.6 Å². The third-order valence-corrected chi connectivity index (χ3v) is 4.30. The van der Waals surface area contributed by atoms with Crippen LogP contribution in [0.5, 0.6) is 0 Å². The topological polar surface area (TPSA) is 12.0 Å². The van der Waals surface area contributed by atoms with Crippen molar-refractivity contribution < 1.29 is 0 Å². The SMILES string of the molecule is CCC(CC)(CNCC(C)C)Cc1ccc(Cl)cc1. The van der Waals surface area contributed by atoms with Gasteiger partial charge in [-0.05, 0) is 54.8 Å². The lowest BCUT2D eigenvalue weighted by atomic mass is 9.77. The highest BCUT2D eigenvalue weighted by molar-refractivity contribution is 6.30. The van der Waals surface area contributed by atoms with E-state index < -0.39 is 0 Å². The van der Waals surface area contributed by atoms with Gasteiger partial charge in [0.2, 0.25) is 0 Å². The Bertz CT molecular complexity index is 352. The van der Waals surface area contributed by atoms with Crippen molar-refractivity contribution in [2.24, 2.45) is 11.3 Å². The molecule has 0 aromatic heterocycles. The highest BCUT2D eigenvalue weighted by atomic mass is 35.5. The van der Waals surface area contributed by atoms with E-state index >= 15 is 0 Å². The first kappa shape index (κ1) is 16.5. The van der Waals surface area contributed by atoms with Crippen molar-refractivity contribution in [1.82, 2.24) is 5.32 Å². The van der Waals surface area contributed by atoms with E-state index in [1.807, 2.05) is 12.1 Å². The van der Waals surface area contributed by atoms with Crippen LogP contribution in [0.4, 0.5) is 0 Å². The highest BCUT2D eigenvalue weighted by Gasteiger charge is 2.26. The van der Waals surface area contributed by atoms with Gasteiger partial charge in [0.1, 0.15) is 0 Å². The first-order chi connectivity index (χ1) is 9.01. The molecule has 19 heavy (non-hydrogen) atoms. The molecular weight excluding hydrogens is 254 g/mol. The van der Waals surface area contributed by atoms with Crippen molar-refractivity contribution in [3.63, 3.8) is 0 Å². The second-order valence-electron chi connectivity index (χ2n) is 6.04. The lowest BCUT2D eigenvalue weighted by molar-refractivity contribution is 0.243. The number of benzene rings is 1. The van der Waals surface area contributed by atoms with Crippen molar-refractivity contribution in [2.45, 2.75) is 47.0 Å². The smallest absolute Gasteiger partial charge is 0.0406 e. The predicted octanol–water partition coefficient (Wildman–Crippen LogP) is 4.93. The van der Waals surface area contributed by atoms with Crippen LogP contribution >= 0.6 is 11.6 Å². The highest BCUT2D eigenvalue weighted by Crippen LogP contribution is 2.30. The molecule has 0 heterocycles. The molecule has 1 nitrogen and oxygen atoms in total. The van der Waals surface area contributed by atoms with E-state index in [-0.39, 0.29) is 0 Å². The minimum atomic E-state index is 0.364. The Morgan fingerprint density at radius 1 is 1.11 bits per heavy atom. The fraction of sp³-hybridized carbons (Fsp3) is 0.647. The van der Waals surface area contributed by atoms with Crippen LogP contribution in [-0.2, 0) is 6.42 Å². The van der Waals surface area contributed by atoms with Gasteiger partial charge in [0.25, 0.3) is 0 Å². The van der Waals surface area contributed by atoms with E-state index in [9.17, 15) is 0 Å². The van der Waals surface area contributed by atoms with E-state index in [2.05, 4.69) is 45.1 Å². The van der Waals surface area contributed by atoms with Gasteiger partial charge < -0.3 is 5.32 Å². The lowest BCUT2D eigenvalue weighted by Gasteiger charge is -2.32. The van der Waals surface area contributed by atoms with Gasteiger partial charge in [-0.2, -0.15) is 0 Å². The van der Waals surface area contributed by atoms with Crippen LogP contribution in [-0.4, -0.2) is 13.1 Å². The zero-order valence-electron chi connectivity index (χ0n) is 12.8. The maximum absolute atomic E-state index is 5.96. The molecule has 0 saturated heterocycles. The molecule has 0 fully saturated rings. The molecule has 1 aromatic rings. The summed E-state index contributed by atoms with van der Waals surface area (Å²) in [6.45, 7) is 11.3. The normalized spacial score (nSPS) is 12.1. The molecule has 0 aliphatic carbocycles. The maximum atomic E-state index is 5.96. The maximum Gasteiger partial charge on any atom is 0.0406 e. The van der Waals surface area contributed by atoms with Gasteiger partial charge in [0, 0.05) is 11.6 Å². The van der Waals surface area contributed by atoms with Crippen LogP contribution in [0.2, 0.25) is 5.02 Å². The molecular formula is C17H28ClN. The summed E-state index contributed by atoms with van der Waals surface area (Å²) in [6.07, 6.45) is 3.54. The molecule has 0 unspecified atom stereocenters. The Hall–Kier alpha value is -0.530. The Balaban J connectivity index is 2.66. The monoisotopic (exact) mass is 281 g/mol. The molecule has 1 N–H and O–H groups in total. The zero-order chi connectivity index (χ0) is 14.3. The molecule has 0 atom stereocenters. The van der Waals surface area contributed by atoms with E-state index in [0.717, 1.165) is 24.5 Å². The molecule has 0 aliphatic heterocycles. The van der Waals surface area contributed by atoms with E-state index in [1.54, 1.807) is 0 Å². The summed E-state index contributed by atoms with van der Waals surface area (Å²) in [4.78, 5) is 0. The van der Waals surface area contributed by atoms with Gasteiger partial charge in [-0.1, -0.05) is 51.4 Å². The predicted molar refractivity (Wildman–Crippen MR) is 85.9 cm³/mol. The van der Waals surface area contributed by atoms with Crippen molar-refractivity contribution in [3.8, 4) is 0 Å². The molecule has 0 bridgehead atoms. The van der Waals surface area contributed by atoms with Crippen LogP contribution < -0.4 is 5.32 Å². The van der Waals surface area contributed by atoms with Crippen LogP contribution in [0, 0.1) is 11.3 Å². The zero-order valence-corrected chi connectivity index (χ0v) is 13.6. The number of hydrogen-bond acceptors (Lipinski definition) is 1. The first-order valence-corrected chi connectivity index (χ1v) is 7.84. The number of hydrogen-bond donors (Lipinski definition) is 1. The summed E-state index contributed by atoms with van der Waals surface area (Å²) in [5, 5.41) is 4.45. The molecule has 1 aromatic carbocycles. The van der Waals surface area contributed by atoms with Crippen molar-refractivity contribution in [3.05, 3.63) is 34.9 Å². The van der Waals surface area contributed by atoms with Crippen molar-refractivity contribution >= 4 is 11.6 Å². The quantitative estimate of drug-likeness (QED) is 0.712. The average molecular weight is 282 g/mol. The number of halogens is 1. The molecule has 0 aliphatic rings. The third kappa shape index (κ3) is 5.54. The third-order valence-electron chi connectivity index (χ3n) is 4.04. The first-order valence-electron chi connectivity index (χ1n) is 7.46. The van der Waals surface area contributed by atoms with E-state index in [1.165, 1.54) is 18.4 Å². The Morgan fingerprint density at radius 3 is 2.16 bits per heavy atom. The summed E-state index contributed by atoms with van der Waals surface area (Å²) in [7, 11) is 0. The standard InChI is InChI=1S/C17H28ClN/c1-5-17(6-2,13-19-12-14(3)4)11-15-7-9-16(18)10-8-15/h7-10,14,19H,5-6,11-13H2,1-4H3. The fourth-order valence-corrected chi connectivity index (χ4v) is 2.60. The molecule has 0 spiro atoms. The Kier molecular flexibility index (Phi) is 6.88. The second-order valence-corrected chi connectivity index (χ2v) is 6.47. The number of nitrogens with one attached hydrogen (secondary N) is 1. The summed E-state index contributed by atoms with van der Waals surface area (Å²) < 4.78 is 0. The van der Waals surface area contributed by atoms with Crippen LogP contribution in [0.3, 0.4) is 0 Å². The summed E-state index contributed by atoms with van der Waals surface area (Å²) in [5.74, 6) is 0.710. The minimum Gasteiger partial charge on any atom is -0.316 e. The van der Waals surface area contributed by atoms with Gasteiger partial charge in [0.15, 0.2) is 0 Å². The fourth-order valence-electron chi connectivity index (χ4n) is 2.47. The average Bonchev–Trinajstić information content (AvgIpc) is 2.40. The van der Waals surface area contributed by atoms with Crippen LogP contribution in [0.1, 0.15) is 46.1 Å². The van der Waals surface area contributed by atoms with Gasteiger partial charge >= 0.3 is 0 Å². The molecule has 0 amide bonds. The van der Waals surface area contributed by atoms with Gasteiger partial charge in [0.05, 0.1) is 0 Å². The largest absolute Gasteiger partial charge is 0.316 e. The van der Waals surface area contributed by atoms with Crippen molar-refractivity contribution in [2.75, 3.05) is 13.1 Å². The summed E-state index contributed by atoms with van der Waals surface area (Å²) >= 11 is 5.96. The minimum absolute atomic E-state index is 0.364. The van der Waals surface area contributed by atoms with Gasteiger partial charge in [-0.15, -0.1) is 0 Å². The van der Waals surface area contributed by atoms with Gasteiger partial charge in [-0.3, -0.25) is 0 Å². The molecule has 2 heteroatoms. The molecule has 0 radical (unpaired) electrons. The number of rotatable bonds is 8. The Morgan fingerprint density at radius 2 is 1.68 bits per heavy atom. The van der Waals surface area contributed by atoms with Crippen molar-refractivity contribution in [1.29, 1.82) is 0 Å².